The molecule has 2 aromatic rings. The van der Waals surface area contributed by atoms with Crippen molar-refractivity contribution < 1.29 is 27.8 Å². The topological polar surface area (TPSA) is 61.8 Å². The van der Waals surface area contributed by atoms with E-state index >= 15 is 0 Å². The third kappa shape index (κ3) is 8.15. The van der Waals surface area contributed by atoms with E-state index in [1.165, 1.54) is 12.1 Å². The Morgan fingerprint density at radius 3 is 2.36 bits per heavy atom. The van der Waals surface area contributed by atoms with Crippen LogP contribution in [-0.4, -0.2) is 54.7 Å². The first-order valence-electron chi connectivity index (χ1n) is 10.3. The largest absolute Gasteiger partial charge is 0.491 e. The van der Waals surface area contributed by atoms with E-state index in [-0.39, 0.29) is 43.2 Å². The molecule has 3 rings (SSSR count). The molecule has 0 aromatic heterocycles. The number of β-amino-alcohol motifs (C(OH)–C–C–N with tert-alkyl or cyclic N) is 1. The van der Waals surface area contributed by atoms with Crippen molar-refractivity contribution in [1.82, 2.24) is 10.2 Å². The van der Waals surface area contributed by atoms with Crippen LogP contribution in [0.3, 0.4) is 0 Å². The number of Topliss-reactive ketones (excluding diaryl/α,β-unsaturated/α-hetero) is 1. The van der Waals surface area contributed by atoms with Crippen LogP contribution < -0.4 is 10.1 Å². The monoisotopic (exact) mass is 508 g/mol. The molecule has 1 aliphatic rings. The van der Waals surface area contributed by atoms with Gasteiger partial charge in [0.1, 0.15) is 18.5 Å². The lowest BCUT2D eigenvalue weighted by Gasteiger charge is -2.37. The number of carbonyl (C=O) groups is 1. The fraction of sp³-hybridized carbons (Fsp3) is 0.435. The Morgan fingerprint density at radius 2 is 1.79 bits per heavy atom. The fourth-order valence-electron chi connectivity index (χ4n) is 3.64. The molecule has 0 amide bonds. The van der Waals surface area contributed by atoms with E-state index in [2.05, 4.69) is 10.2 Å². The molecular weight excluding hydrogens is 480 g/mol. The normalized spacial score (nSPS) is 17.4. The number of carbonyl (C=O) groups excluding carboxylic acids is 1. The summed E-state index contributed by atoms with van der Waals surface area (Å²) in [7, 11) is 0. The van der Waals surface area contributed by atoms with Gasteiger partial charge in [-0.2, -0.15) is 13.2 Å². The Balaban J connectivity index is 0.00000272. The Hall–Kier alpha value is -1.84. The summed E-state index contributed by atoms with van der Waals surface area (Å²) >= 11 is 0. The molecule has 1 aliphatic heterocycles. The molecule has 0 spiro atoms. The molecule has 2 aromatic carbocycles. The lowest BCUT2D eigenvalue weighted by molar-refractivity contribution is -0.137. The minimum absolute atomic E-state index is 0. The van der Waals surface area contributed by atoms with Crippen LogP contribution in [-0.2, 0) is 6.18 Å². The maximum atomic E-state index is 12.8. The molecule has 1 heterocycles. The average Bonchev–Trinajstić information content (AvgIpc) is 2.77. The number of nitrogens with zero attached hydrogens (tertiary/aromatic N) is 1. The van der Waals surface area contributed by atoms with E-state index in [0.29, 0.717) is 37.4 Å². The number of halogens is 5. The summed E-state index contributed by atoms with van der Waals surface area (Å²) in [6.45, 7) is 4.20. The van der Waals surface area contributed by atoms with E-state index in [0.717, 1.165) is 24.2 Å². The van der Waals surface area contributed by atoms with Crippen molar-refractivity contribution in [2.45, 2.75) is 31.7 Å². The summed E-state index contributed by atoms with van der Waals surface area (Å²) in [5, 5.41) is 13.7. The lowest BCUT2D eigenvalue weighted by Crippen LogP contribution is -2.49. The minimum Gasteiger partial charge on any atom is -0.491 e. The number of alkyl halides is 3. The van der Waals surface area contributed by atoms with Crippen LogP contribution in [0.25, 0.3) is 0 Å². The molecule has 2 N–H and O–H groups in total. The number of aliphatic hydroxyl groups is 1. The van der Waals surface area contributed by atoms with Gasteiger partial charge in [-0.25, -0.2) is 0 Å². The first-order valence-corrected chi connectivity index (χ1v) is 10.3. The molecule has 1 fully saturated rings. The number of nitrogens with one attached hydrogen (secondary N) is 1. The van der Waals surface area contributed by atoms with Crippen LogP contribution in [0, 0.1) is 0 Å². The van der Waals surface area contributed by atoms with Crippen LogP contribution in [0.15, 0.2) is 48.5 Å². The van der Waals surface area contributed by atoms with Crippen molar-refractivity contribution in [1.29, 1.82) is 0 Å². The molecule has 184 valence electrons. The van der Waals surface area contributed by atoms with Gasteiger partial charge in [0.15, 0.2) is 5.78 Å². The van der Waals surface area contributed by atoms with Gasteiger partial charge in [-0.3, -0.25) is 9.69 Å². The molecule has 2 unspecified atom stereocenters. The van der Waals surface area contributed by atoms with Crippen LogP contribution >= 0.6 is 24.8 Å². The maximum Gasteiger partial charge on any atom is 0.416 e. The van der Waals surface area contributed by atoms with Gasteiger partial charge in [0.2, 0.25) is 0 Å². The van der Waals surface area contributed by atoms with Gasteiger partial charge >= 0.3 is 6.18 Å². The van der Waals surface area contributed by atoms with Crippen LogP contribution in [0.1, 0.15) is 40.9 Å². The number of ether oxygens (including phenoxy) is 1. The molecule has 0 radical (unpaired) electrons. The van der Waals surface area contributed by atoms with E-state index in [1.54, 1.807) is 31.2 Å². The Bertz CT molecular complexity index is 865. The number of piperazine rings is 1. The van der Waals surface area contributed by atoms with Crippen LogP contribution in [0.5, 0.6) is 5.75 Å². The summed E-state index contributed by atoms with van der Waals surface area (Å²) in [5.41, 5.74) is 0.715. The third-order valence-electron chi connectivity index (χ3n) is 5.36. The van der Waals surface area contributed by atoms with Gasteiger partial charge in [-0.05, 0) is 42.0 Å². The number of rotatable bonds is 8. The summed E-state index contributed by atoms with van der Waals surface area (Å²) in [4.78, 5) is 13.7. The van der Waals surface area contributed by atoms with Crippen molar-refractivity contribution in [2.24, 2.45) is 0 Å². The Morgan fingerprint density at radius 1 is 1.15 bits per heavy atom. The van der Waals surface area contributed by atoms with Gasteiger partial charge < -0.3 is 15.2 Å². The minimum atomic E-state index is -4.36. The van der Waals surface area contributed by atoms with E-state index in [1.807, 2.05) is 0 Å². The highest BCUT2D eigenvalue weighted by Crippen LogP contribution is 2.31. The SMILES string of the molecule is CCC(=O)c1ccc(OCC(O)CN2CCNCC2c2ccc(C(F)(F)F)cc2)cc1.Cl.Cl. The molecule has 5 nitrogen and oxygen atoms in total. The Kier molecular flexibility index (Phi) is 11.6. The van der Waals surface area contributed by atoms with Gasteiger partial charge in [0, 0.05) is 44.2 Å². The van der Waals surface area contributed by atoms with E-state index in [4.69, 9.17) is 4.74 Å². The zero-order chi connectivity index (χ0) is 22.4. The first-order chi connectivity index (χ1) is 14.8. The van der Waals surface area contributed by atoms with Gasteiger partial charge in [0.25, 0.3) is 0 Å². The maximum absolute atomic E-state index is 12.8. The lowest BCUT2D eigenvalue weighted by atomic mass is 10.0. The zero-order valence-corrected chi connectivity index (χ0v) is 19.8. The van der Waals surface area contributed by atoms with E-state index in [9.17, 15) is 23.1 Å². The quantitative estimate of drug-likeness (QED) is 0.513. The highest BCUT2D eigenvalue weighted by Gasteiger charge is 2.31. The number of ketones is 1. The number of hydrogen-bond acceptors (Lipinski definition) is 5. The molecule has 33 heavy (non-hydrogen) atoms. The predicted octanol–water partition coefficient (Wildman–Crippen LogP) is 4.53. The first kappa shape index (κ1) is 29.2. The van der Waals surface area contributed by atoms with Crippen molar-refractivity contribution in [2.75, 3.05) is 32.8 Å². The number of hydrogen-bond donors (Lipinski definition) is 2. The van der Waals surface area contributed by atoms with Crippen molar-refractivity contribution in [3.05, 3.63) is 65.2 Å². The number of aliphatic hydroxyl groups excluding tert-OH is 1. The summed E-state index contributed by atoms with van der Waals surface area (Å²) in [5.74, 6) is 0.617. The van der Waals surface area contributed by atoms with Gasteiger partial charge in [-0.1, -0.05) is 19.1 Å². The highest BCUT2D eigenvalue weighted by atomic mass is 35.5. The average molecular weight is 509 g/mol. The predicted molar refractivity (Wildman–Crippen MR) is 126 cm³/mol. The zero-order valence-electron chi connectivity index (χ0n) is 18.2. The van der Waals surface area contributed by atoms with Crippen LogP contribution in [0.4, 0.5) is 13.2 Å². The van der Waals surface area contributed by atoms with Crippen molar-refractivity contribution >= 4 is 30.6 Å². The van der Waals surface area contributed by atoms with Gasteiger partial charge in [0.05, 0.1) is 5.56 Å². The standard InChI is InChI=1S/C23H27F3N2O3.2ClH/c1-2-22(30)17-5-9-20(10-6-17)31-15-19(29)14-28-12-11-27-13-21(28)16-3-7-18(8-4-16)23(24,25)26;;/h3-10,19,21,27,29H,2,11-15H2,1H3;2*1H. The second-order valence-corrected chi connectivity index (χ2v) is 7.60. The van der Waals surface area contributed by atoms with E-state index < -0.39 is 17.8 Å². The second kappa shape index (κ2) is 13.2. The highest BCUT2D eigenvalue weighted by molar-refractivity contribution is 5.95. The van der Waals surface area contributed by atoms with Gasteiger partial charge in [-0.15, -0.1) is 24.8 Å². The molecule has 1 saturated heterocycles. The molecule has 0 bridgehead atoms. The molecular formula is C23H29Cl2F3N2O3. The summed E-state index contributed by atoms with van der Waals surface area (Å²) in [6, 6.07) is 11.8. The molecule has 2 atom stereocenters. The van der Waals surface area contributed by atoms with Crippen molar-refractivity contribution in [3.63, 3.8) is 0 Å². The summed E-state index contributed by atoms with van der Waals surface area (Å²) < 4.78 is 44.1. The molecule has 0 aliphatic carbocycles. The van der Waals surface area contributed by atoms with Crippen LogP contribution in [0.2, 0.25) is 0 Å². The second-order valence-electron chi connectivity index (χ2n) is 7.60. The Labute approximate surface area is 204 Å². The summed E-state index contributed by atoms with van der Waals surface area (Å²) in [6.07, 6.45) is -4.70. The number of benzene rings is 2. The molecule has 10 heteroatoms. The third-order valence-corrected chi connectivity index (χ3v) is 5.36. The fourth-order valence-corrected chi connectivity index (χ4v) is 3.64. The smallest absolute Gasteiger partial charge is 0.416 e. The molecule has 0 saturated carbocycles. The van der Waals surface area contributed by atoms with Crippen molar-refractivity contribution in [3.8, 4) is 5.75 Å².